The van der Waals surface area contributed by atoms with Crippen molar-refractivity contribution in [2.75, 3.05) is 19.6 Å². The van der Waals surface area contributed by atoms with Gasteiger partial charge in [0.15, 0.2) is 0 Å². The van der Waals surface area contributed by atoms with Crippen LogP contribution in [0.25, 0.3) is 22.2 Å². The van der Waals surface area contributed by atoms with Crippen LogP contribution in [0.5, 0.6) is 0 Å². The van der Waals surface area contributed by atoms with Crippen molar-refractivity contribution in [3.63, 3.8) is 0 Å². The van der Waals surface area contributed by atoms with Gasteiger partial charge in [0.25, 0.3) is 5.91 Å². The fourth-order valence-corrected chi connectivity index (χ4v) is 4.72. The first-order valence-electron chi connectivity index (χ1n) is 10.5. The Morgan fingerprint density at radius 2 is 1.81 bits per heavy atom. The fraction of sp³-hybridized carbons (Fsp3) is 0.333. The summed E-state index contributed by atoms with van der Waals surface area (Å²) < 4.78 is 39.3. The molecule has 2 aromatic carbocycles. The van der Waals surface area contributed by atoms with Gasteiger partial charge in [0, 0.05) is 23.5 Å². The van der Waals surface area contributed by atoms with Crippen molar-refractivity contribution in [1.82, 2.24) is 15.2 Å². The molecule has 3 aliphatic heterocycles. The Kier molecular flexibility index (Phi) is 4.93. The first kappa shape index (κ1) is 20.0. The highest BCUT2D eigenvalue weighted by molar-refractivity contribution is 6.06. The number of fused-ring (bicyclic) bond motifs is 4. The lowest BCUT2D eigenvalue weighted by Gasteiger charge is -2.44. The average Bonchev–Trinajstić information content (AvgIpc) is 2.78. The molecule has 4 heterocycles. The van der Waals surface area contributed by atoms with Gasteiger partial charge >= 0.3 is 6.18 Å². The number of piperidine rings is 3. The molecule has 0 spiro atoms. The largest absolute Gasteiger partial charge is 0.416 e. The van der Waals surface area contributed by atoms with Gasteiger partial charge in [0.2, 0.25) is 0 Å². The highest BCUT2D eigenvalue weighted by atomic mass is 19.4. The molecule has 3 aromatic rings. The second-order valence-electron chi connectivity index (χ2n) is 8.37. The van der Waals surface area contributed by atoms with E-state index in [-0.39, 0.29) is 11.9 Å². The Balaban J connectivity index is 1.48. The molecule has 3 saturated heterocycles. The summed E-state index contributed by atoms with van der Waals surface area (Å²) >= 11 is 0. The molecule has 1 atom stereocenters. The third-order valence-corrected chi connectivity index (χ3v) is 6.42. The van der Waals surface area contributed by atoms with Crippen LogP contribution in [0.2, 0.25) is 0 Å². The lowest BCUT2D eigenvalue weighted by molar-refractivity contribution is -0.137. The Morgan fingerprint density at radius 1 is 1.03 bits per heavy atom. The van der Waals surface area contributed by atoms with E-state index >= 15 is 0 Å². The van der Waals surface area contributed by atoms with Crippen LogP contribution in [0.4, 0.5) is 13.2 Å². The van der Waals surface area contributed by atoms with E-state index in [9.17, 15) is 18.0 Å². The predicted octanol–water partition coefficient (Wildman–Crippen LogP) is 4.74. The number of para-hydroxylation sites is 1. The summed E-state index contributed by atoms with van der Waals surface area (Å²) in [5.74, 6) is 0.315. The van der Waals surface area contributed by atoms with Crippen LogP contribution in [0.1, 0.15) is 28.8 Å². The van der Waals surface area contributed by atoms with Gasteiger partial charge in [-0.1, -0.05) is 30.3 Å². The van der Waals surface area contributed by atoms with Gasteiger partial charge in [-0.15, -0.1) is 0 Å². The zero-order chi connectivity index (χ0) is 21.6. The molecular formula is C24H22F3N3O. The molecule has 31 heavy (non-hydrogen) atoms. The van der Waals surface area contributed by atoms with Gasteiger partial charge in [-0.25, -0.2) is 4.98 Å². The van der Waals surface area contributed by atoms with E-state index in [0.717, 1.165) is 50.0 Å². The maximum absolute atomic E-state index is 13.1. The molecular weight excluding hydrogens is 403 g/mol. The molecule has 6 rings (SSSR count). The smallest absolute Gasteiger partial charge is 0.348 e. The summed E-state index contributed by atoms with van der Waals surface area (Å²) in [5, 5.41) is 3.95. The first-order chi connectivity index (χ1) is 14.9. The molecule has 0 saturated carbocycles. The monoisotopic (exact) mass is 425 g/mol. The van der Waals surface area contributed by atoms with Crippen molar-refractivity contribution in [3.8, 4) is 11.3 Å². The number of hydrogen-bond donors (Lipinski definition) is 1. The average molecular weight is 425 g/mol. The van der Waals surface area contributed by atoms with Crippen molar-refractivity contribution in [1.29, 1.82) is 0 Å². The van der Waals surface area contributed by atoms with Crippen LogP contribution in [0.3, 0.4) is 0 Å². The van der Waals surface area contributed by atoms with Crippen molar-refractivity contribution in [2.24, 2.45) is 5.92 Å². The van der Waals surface area contributed by atoms with Crippen LogP contribution in [0.15, 0.2) is 54.6 Å². The highest BCUT2D eigenvalue weighted by Crippen LogP contribution is 2.32. The minimum absolute atomic E-state index is 0.122. The second-order valence-corrected chi connectivity index (χ2v) is 8.37. The molecule has 0 radical (unpaired) electrons. The number of amides is 1. The molecule has 0 aliphatic carbocycles. The zero-order valence-corrected chi connectivity index (χ0v) is 16.8. The van der Waals surface area contributed by atoms with Gasteiger partial charge in [-0.3, -0.25) is 4.79 Å². The van der Waals surface area contributed by atoms with Gasteiger partial charge < -0.3 is 10.2 Å². The molecule has 1 N–H and O–H groups in total. The third kappa shape index (κ3) is 3.90. The summed E-state index contributed by atoms with van der Waals surface area (Å²) in [6.07, 6.45) is -2.23. The SMILES string of the molecule is O=C(NC1CN2CCC1CC2)c1cccc2ccc(-c3cccc(C(F)(F)F)c3)nc12. The first-order valence-corrected chi connectivity index (χ1v) is 10.5. The Hall–Kier alpha value is -2.93. The van der Waals surface area contributed by atoms with Gasteiger partial charge in [0.05, 0.1) is 22.3 Å². The predicted molar refractivity (Wildman–Crippen MR) is 113 cm³/mol. The second kappa shape index (κ2) is 7.64. The quantitative estimate of drug-likeness (QED) is 0.659. The van der Waals surface area contributed by atoms with Gasteiger partial charge in [-0.05, 0) is 56.1 Å². The number of benzene rings is 2. The van der Waals surface area contributed by atoms with Crippen molar-refractivity contribution < 1.29 is 18.0 Å². The van der Waals surface area contributed by atoms with Crippen LogP contribution in [-0.4, -0.2) is 41.5 Å². The maximum atomic E-state index is 13.1. The van der Waals surface area contributed by atoms with Crippen LogP contribution in [0, 0.1) is 5.92 Å². The summed E-state index contributed by atoms with van der Waals surface area (Å²) in [5.41, 5.74) is 0.991. The number of alkyl halides is 3. The van der Waals surface area contributed by atoms with E-state index < -0.39 is 11.7 Å². The molecule has 1 unspecified atom stereocenters. The molecule has 7 heteroatoms. The minimum atomic E-state index is -4.42. The lowest BCUT2D eigenvalue weighted by atomic mass is 9.84. The van der Waals surface area contributed by atoms with Crippen molar-refractivity contribution in [3.05, 3.63) is 65.7 Å². The van der Waals surface area contributed by atoms with Crippen molar-refractivity contribution >= 4 is 16.8 Å². The minimum Gasteiger partial charge on any atom is -0.348 e. The lowest BCUT2D eigenvalue weighted by Crippen LogP contribution is -2.57. The number of aromatic nitrogens is 1. The van der Waals surface area contributed by atoms with E-state index in [1.807, 2.05) is 6.07 Å². The zero-order valence-electron chi connectivity index (χ0n) is 16.8. The van der Waals surface area contributed by atoms with Crippen LogP contribution >= 0.6 is 0 Å². The van der Waals surface area contributed by atoms with Gasteiger partial charge in [-0.2, -0.15) is 13.2 Å². The normalized spacial score (nSPS) is 23.1. The highest BCUT2D eigenvalue weighted by Gasteiger charge is 2.35. The van der Waals surface area contributed by atoms with E-state index in [0.29, 0.717) is 28.3 Å². The topological polar surface area (TPSA) is 45.2 Å². The Bertz CT molecular complexity index is 1140. The molecule has 3 fully saturated rings. The number of pyridine rings is 1. The standard InChI is InChI=1S/C24H22F3N3O/c25-24(26,27)18-5-1-4-17(13-18)20-8-7-16-3-2-6-19(22(16)28-20)23(31)29-21-14-30-11-9-15(21)10-12-30/h1-8,13,15,21H,9-12,14H2,(H,29,31). The van der Waals surface area contributed by atoms with E-state index in [4.69, 9.17) is 0 Å². The molecule has 160 valence electrons. The summed E-state index contributed by atoms with van der Waals surface area (Å²) in [6.45, 7) is 3.05. The molecule has 3 aliphatic rings. The van der Waals surface area contributed by atoms with E-state index in [1.165, 1.54) is 6.07 Å². The maximum Gasteiger partial charge on any atom is 0.416 e. The van der Waals surface area contributed by atoms with E-state index in [1.54, 1.807) is 30.3 Å². The van der Waals surface area contributed by atoms with Crippen LogP contribution < -0.4 is 5.32 Å². The van der Waals surface area contributed by atoms with Gasteiger partial charge in [0.1, 0.15) is 0 Å². The molecule has 2 bridgehead atoms. The molecule has 4 nitrogen and oxygen atoms in total. The summed E-state index contributed by atoms with van der Waals surface area (Å²) in [7, 11) is 0. The number of nitrogens with one attached hydrogen (secondary N) is 1. The Morgan fingerprint density at radius 3 is 2.52 bits per heavy atom. The number of rotatable bonds is 3. The number of halogens is 3. The van der Waals surface area contributed by atoms with Crippen LogP contribution in [-0.2, 0) is 6.18 Å². The van der Waals surface area contributed by atoms with E-state index in [2.05, 4.69) is 15.2 Å². The number of hydrogen-bond acceptors (Lipinski definition) is 3. The number of carbonyl (C=O) groups is 1. The number of nitrogens with zero attached hydrogens (tertiary/aromatic N) is 2. The molecule has 1 amide bonds. The Labute approximate surface area is 178 Å². The third-order valence-electron chi connectivity index (χ3n) is 6.42. The van der Waals surface area contributed by atoms with Crippen molar-refractivity contribution in [2.45, 2.75) is 25.1 Å². The summed E-state index contributed by atoms with van der Waals surface area (Å²) in [4.78, 5) is 20.1. The number of carbonyl (C=O) groups excluding carboxylic acids is 1. The summed E-state index contributed by atoms with van der Waals surface area (Å²) in [6, 6.07) is 14.1. The fourth-order valence-electron chi connectivity index (χ4n) is 4.72. The molecule has 1 aromatic heterocycles.